The molecule has 0 saturated heterocycles. The lowest BCUT2D eigenvalue weighted by Crippen LogP contribution is -2.45. The molecular weight excluding hydrogens is 468 g/mol. The Morgan fingerprint density at radius 1 is 0.971 bits per heavy atom. The normalized spacial score (nSPS) is 12.7. The Hall–Kier alpha value is -2.83. The Kier molecular flexibility index (Phi) is 8.05. The van der Waals surface area contributed by atoms with Crippen LogP contribution in [0.4, 0.5) is 5.69 Å². The second-order valence-electron chi connectivity index (χ2n) is 9.17. The maximum Gasteiger partial charge on any atom is 0.264 e. The largest absolute Gasteiger partial charge is 0.352 e. The molecule has 0 fully saturated rings. The van der Waals surface area contributed by atoms with Gasteiger partial charge in [-0.1, -0.05) is 74.0 Å². The molecule has 0 bridgehead atoms. The first-order chi connectivity index (χ1) is 16.0. The molecule has 3 aromatic carbocycles. The van der Waals surface area contributed by atoms with Crippen molar-refractivity contribution >= 4 is 33.2 Å². The molecule has 1 atom stereocenters. The van der Waals surface area contributed by atoms with Gasteiger partial charge in [-0.3, -0.25) is 9.10 Å². The molecule has 1 amide bonds. The van der Waals surface area contributed by atoms with Crippen LogP contribution in [0.5, 0.6) is 0 Å². The molecular formula is C27H31ClN2O3S. The number of sulfonamides is 1. The predicted molar refractivity (Wildman–Crippen MR) is 139 cm³/mol. The van der Waals surface area contributed by atoms with Crippen molar-refractivity contribution in [1.82, 2.24) is 5.32 Å². The molecule has 0 aliphatic heterocycles. The van der Waals surface area contributed by atoms with Gasteiger partial charge in [0.05, 0.1) is 10.6 Å². The summed E-state index contributed by atoms with van der Waals surface area (Å²) in [5, 5.41) is 3.43. The molecule has 0 radical (unpaired) electrons. The van der Waals surface area contributed by atoms with Crippen molar-refractivity contribution in [2.24, 2.45) is 0 Å². The maximum atomic E-state index is 13.5. The summed E-state index contributed by atoms with van der Waals surface area (Å²) < 4.78 is 28.2. The molecule has 3 aromatic rings. The van der Waals surface area contributed by atoms with Crippen LogP contribution in [-0.2, 0) is 20.2 Å². The number of nitrogens with zero attached hydrogens (tertiary/aromatic N) is 1. The summed E-state index contributed by atoms with van der Waals surface area (Å²) >= 11 is 5.95. The van der Waals surface area contributed by atoms with E-state index in [0.717, 1.165) is 9.87 Å². The van der Waals surface area contributed by atoms with Gasteiger partial charge in [0.15, 0.2) is 0 Å². The van der Waals surface area contributed by atoms with Crippen LogP contribution in [0.3, 0.4) is 0 Å². The fraction of sp³-hybridized carbons (Fsp3) is 0.296. The average molecular weight is 499 g/mol. The van der Waals surface area contributed by atoms with E-state index in [2.05, 4.69) is 31.3 Å². The van der Waals surface area contributed by atoms with Gasteiger partial charge in [-0.2, -0.15) is 0 Å². The topological polar surface area (TPSA) is 66.5 Å². The molecule has 5 nitrogen and oxygen atoms in total. The van der Waals surface area contributed by atoms with Gasteiger partial charge in [-0.05, 0) is 67.1 Å². The first kappa shape index (κ1) is 25.8. The fourth-order valence-electron chi connectivity index (χ4n) is 4.15. The average Bonchev–Trinajstić information content (AvgIpc) is 2.78. The van der Waals surface area contributed by atoms with Gasteiger partial charge in [-0.25, -0.2) is 8.42 Å². The quantitative estimate of drug-likeness (QED) is 0.410. The number of carbonyl (C=O) groups excluding carboxylic acids is 1. The van der Waals surface area contributed by atoms with E-state index < -0.39 is 10.0 Å². The second kappa shape index (κ2) is 10.6. The van der Waals surface area contributed by atoms with Crippen LogP contribution in [0.25, 0.3) is 0 Å². The van der Waals surface area contributed by atoms with Crippen molar-refractivity contribution in [3.05, 3.63) is 95.0 Å². The lowest BCUT2D eigenvalue weighted by molar-refractivity contribution is -0.120. The van der Waals surface area contributed by atoms with Crippen molar-refractivity contribution < 1.29 is 13.2 Å². The van der Waals surface area contributed by atoms with E-state index in [1.54, 1.807) is 12.1 Å². The van der Waals surface area contributed by atoms with E-state index in [-0.39, 0.29) is 28.8 Å². The zero-order valence-electron chi connectivity index (χ0n) is 20.0. The SMILES string of the molecule is Cc1ccccc1N(CC(=O)NC(C)CC(C)(C)c1ccccc1)S(=O)(=O)c1ccc(Cl)cc1. The number of benzene rings is 3. The first-order valence-electron chi connectivity index (χ1n) is 11.2. The van der Waals surface area contributed by atoms with E-state index in [4.69, 9.17) is 11.6 Å². The van der Waals surface area contributed by atoms with Crippen molar-refractivity contribution in [3.8, 4) is 0 Å². The standard InChI is InChI=1S/C27H31ClN2O3S/c1-20-10-8-9-13-25(20)30(34(32,33)24-16-14-23(28)15-17-24)19-26(31)29-21(2)18-27(3,4)22-11-6-5-7-12-22/h5-17,21H,18-19H2,1-4H3,(H,29,31). The smallest absolute Gasteiger partial charge is 0.264 e. The number of carbonyl (C=O) groups is 1. The molecule has 0 heterocycles. The fourth-order valence-corrected chi connectivity index (χ4v) is 5.76. The molecule has 0 spiro atoms. The number of amides is 1. The lowest BCUT2D eigenvalue weighted by atomic mass is 9.79. The molecule has 0 aromatic heterocycles. The number of para-hydroxylation sites is 1. The molecule has 0 aliphatic carbocycles. The summed E-state index contributed by atoms with van der Waals surface area (Å²) in [5.74, 6) is -0.364. The molecule has 7 heteroatoms. The van der Waals surface area contributed by atoms with Gasteiger partial charge in [0, 0.05) is 11.1 Å². The van der Waals surface area contributed by atoms with Gasteiger partial charge < -0.3 is 5.32 Å². The number of aryl methyl sites for hydroxylation is 1. The van der Waals surface area contributed by atoms with E-state index in [1.807, 2.05) is 44.2 Å². The molecule has 0 aliphatic rings. The molecule has 1 N–H and O–H groups in total. The number of hydrogen-bond acceptors (Lipinski definition) is 3. The third-order valence-corrected chi connectivity index (χ3v) is 7.88. The third-order valence-electron chi connectivity index (χ3n) is 5.85. The van der Waals surface area contributed by atoms with E-state index >= 15 is 0 Å². The van der Waals surface area contributed by atoms with Crippen LogP contribution >= 0.6 is 11.6 Å². The molecule has 34 heavy (non-hydrogen) atoms. The summed E-state index contributed by atoms with van der Waals surface area (Å²) in [7, 11) is -3.99. The zero-order chi connectivity index (χ0) is 24.9. The minimum absolute atomic E-state index is 0.0752. The highest BCUT2D eigenvalue weighted by molar-refractivity contribution is 7.92. The Bertz CT molecular complexity index is 1230. The highest BCUT2D eigenvalue weighted by atomic mass is 35.5. The van der Waals surface area contributed by atoms with Crippen LogP contribution in [0.15, 0.2) is 83.8 Å². The summed E-state index contributed by atoms with van der Waals surface area (Å²) in [6.07, 6.45) is 0.705. The second-order valence-corrected chi connectivity index (χ2v) is 11.5. The van der Waals surface area contributed by atoms with E-state index in [1.165, 1.54) is 29.8 Å². The van der Waals surface area contributed by atoms with E-state index in [9.17, 15) is 13.2 Å². The number of halogens is 1. The van der Waals surface area contributed by atoms with Crippen molar-refractivity contribution in [2.75, 3.05) is 10.8 Å². The number of nitrogens with one attached hydrogen (secondary N) is 1. The van der Waals surface area contributed by atoms with Gasteiger partial charge in [0.25, 0.3) is 10.0 Å². The molecule has 0 saturated carbocycles. The summed E-state index contributed by atoms with van der Waals surface area (Å²) in [5.41, 5.74) is 2.25. The highest BCUT2D eigenvalue weighted by Gasteiger charge is 2.29. The van der Waals surface area contributed by atoms with Crippen LogP contribution in [-0.4, -0.2) is 26.9 Å². The molecule has 3 rings (SSSR count). The maximum absolute atomic E-state index is 13.5. The Morgan fingerprint density at radius 3 is 2.18 bits per heavy atom. The van der Waals surface area contributed by atoms with Crippen LogP contribution in [0.1, 0.15) is 38.3 Å². The zero-order valence-corrected chi connectivity index (χ0v) is 21.5. The van der Waals surface area contributed by atoms with Crippen molar-refractivity contribution in [3.63, 3.8) is 0 Å². The van der Waals surface area contributed by atoms with Crippen molar-refractivity contribution in [2.45, 2.75) is 50.5 Å². The van der Waals surface area contributed by atoms with Gasteiger partial charge >= 0.3 is 0 Å². The lowest BCUT2D eigenvalue weighted by Gasteiger charge is -2.30. The van der Waals surface area contributed by atoms with Gasteiger partial charge in [0.2, 0.25) is 5.91 Å². The summed E-state index contributed by atoms with van der Waals surface area (Å²) in [4.78, 5) is 13.1. The van der Waals surface area contributed by atoms with Gasteiger partial charge in [-0.15, -0.1) is 0 Å². The Balaban J connectivity index is 1.82. The minimum Gasteiger partial charge on any atom is -0.352 e. The minimum atomic E-state index is -3.99. The monoisotopic (exact) mass is 498 g/mol. The Morgan fingerprint density at radius 2 is 1.56 bits per heavy atom. The van der Waals surface area contributed by atoms with Crippen molar-refractivity contribution in [1.29, 1.82) is 0 Å². The first-order valence-corrected chi connectivity index (χ1v) is 13.0. The van der Waals surface area contributed by atoms with Crippen LogP contribution < -0.4 is 9.62 Å². The van der Waals surface area contributed by atoms with Crippen LogP contribution in [0.2, 0.25) is 5.02 Å². The van der Waals surface area contributed by atoms with Crippen LogP contribution in [0, 0.1) is 6.92 Å². The highest BCUT2D eigenvalue weighted by Crippen LogP contribution is 2.29. The molecule has 180 valence electrons. The Labute approximate surface area is 207 Å². The molecule has 1 unspecified atom stereocenters. The number of hydrogen-bond donors (Lipinski definition) is 1. The summed E-state index contributed by atoms with van der Waals surface area (Å²) in [6, 6.07) is 23.1. The number of anilines is 1. The summed E-state index contributed by atoms with van der Waals surface area (Å²) in [6.45, 7) is 7.70. The van der Waals surface area contributed by atoms with E-state index in [0.29, 0.717) is 17.1 Å². The third kappa shape index (κ3) is 6.19. The number of rotatable bonds is 9. The predicted octanol–water partition coefficient (Wildman–Crippen LogP) is 5.72. The van der Waals surface area contributed by atoms with Gasteiger partial charge in [0.1, 0.15) is 6.54 Å².